The molecule has 0 amide bonds. The zero-order chi connectivity index (χ0) is 33.6. The average molecular weight is 678 g/mol. The van der Waals surface area contributed by atoms with Crippen molar-refractivity contribution in [3.8, 4) is 28.3 Å². The van der Waals surface area contributed by atoms with Gasteiger partial charge in [-0.15, -0.1) is 5.10 Å². The van der Waals surface area contributed by atoms with Crippen molar-refractivity contribution in [2.24, 2.45) is 7.05 Å². The number of pyridine rings is 1. The van der Waals surface area contributed by atoms with Gasteiger partial charge < -0.3 is 19.7 Å². The number of rotatable bonds is 9. The van der Waals surface area contributed by atoms with E-state index in [1.54, 1.807) is 10.9 Å². The van der Waals surface area contributed by atoms with Gasteiger partial charge in [-0.05, 0) is 49.3 Å². The average Bonchev–Trinajstić information content (AvgIpc) is 3.74. The first kappa shape index (κ1) is 32.7. The highest BCUT2D eigenvalue weighted by molar-refractivity contribution is 6.76. The first-order chi connectivity index (χ1) is 22.9. The number of alkyl halides is 2. The molecule has 3 aromatic heterocycles. The number of nitrogens with zero attached hydrogens (tertiary/aromatic N) is 8. The number of anilines is 3. The Balaban J connectivity index is 1.11. The molecule has 14 heteroatoms. The van der Waals surface area contributed by atoms with Crippen LogP contribution in [0.1, 0.15) is 30.9 Å². The van der Waals surface area contributed by atoms with Crippen LogP contribution in [0.4, 0.5) is 26.2 Å². The van der Waals surface area contributed by atoms with Crippen molar-refractivity contribution < 1.29 is 18.3 Å². The maximum Gasteiger partial charge on any atom is 0.251 e. The van der Waals surface area contributed by atoms with Gasteiger partial charge in [0.25, 0.3) is 5.92 Å². The van der Waals surface area contributed by atoms with Crippen molar-refractivity contribution in [1.29, 1.82) is 0 Å². The maximum atomic E-state index is 13.6. The number of aryl methyl sites for hydroxylation is 1. The molecule has 4 aromatic rings. The molecule has 2 saturated heterocycles. The molecule has 3 aliphatic heterocycles. The van der Waals surface area contributed by atoms with Crippen molar-refractivity contribution >= 4 is 25.5 Å². The van der Waals surface area contributed by atoms with E-state index in [0.29, 0.717) is 36.8 Å². The van der Waals surface area contributed by atoms with Crippen LogP contribution in [0.5, 0.6) is 5.75 Å². The molecule has 0 spiro atoms. The number of nitrogens with one attached hydrogen (secondary N) is 1. The Hall–Kier alpha value is -3.88. The molecule has 1 N–H and O–H groups in total. The zero-order valence-electron chi connectivity index (χ0n) is 28.4. The summed E-state index contributed by atoms with van der Waals surface area (Å²) in [5, 5.41) is 12.9. The summed E-state index contributed by atoms with van der Waals surface area (Å²) < 4.78 is 43.6. The molecule has 1 aromatic carbocycles. The minimum absolute atomic E-state index is 0.156. The van der Waals surface area contributed by atoms with E-state index in [9.17, 15) is 8.78 Å². The van der Waals surface area contributed by atoms with E-state index >= 15 is 0 Å². The molecule has 0 radical (unpaired) electrons. The number of halogens is 2. The molecule has 0 aliphatic carbocycles. The number of likely N-dealkylation sites (tertiary alicyclic amines) is 1. The van der Waals surface area contributed by atoms with Gasteiger partial charge in [0.1, 0.15) is 24.9 Å². The van der Waals surface area contributed by atoms with Crippen molar-refractivity contribution in [2.75, 3.05) is 50.1 Å². The van der Waals surface area contributed by atoms with Gasteiger partial charge in [0.15, 0.2) is 5.82 Å². The number of piperidine rings is 1. The van der Waals surface area contributed by atoms with Gasteiger partial charge in [0, 0.05) is 83.5 Å². The molecule has 2 fully saturated rings. The second-order valence-corrected chi connectivity index (χ2v) is 20.2. The summed E-state index contributed by atoms with van der Waals surface area (Å²) in [4.78, 5) is 13.6. The Morgan fingerprint density at radius 2 is 1.85 bits per heavy atom. The lowest BCUT2D eigenvalue weighted by molar-refractivity contribution is -0.0221. The molecule has 6 heterocycles. The predicted octanol–water partition coefficient (Wildman–Crippen LogP) is 6.21. The van der Waals surface area contributed by atoms with Crippen LogP contribution in [0.15, 0.2) is 42.7 Å². The molecule has 256 valence electrons. The lowest BCUT2D eigenvalue weighted by Gasteiger charge is -2.32. The fraction of sp³-hybridized carbons (Fsp3) is 0.529. The third-order valence-corrected chi connectivity index (χ3v) is 11.4. The highest BCUT2D eigenvalue weighted by Crippen LogP contribution is 2.41. The standard InChI is InChI=1S/C34H45F2N9O2Si/c1-42-20-25-16-26(42)21-47-29-17-23(27-19-38-45(31(25)27)22-46-14-15-48(3,4)5)6-8-28(29)39-33-40-32(41-43(33)2)24-7-9-30(37-18-24)44-12-10-34(35,36)11-13-44/h6-9,17-19,25-26H,10-16,20-22H2,1-5H3,(H,39,40,41). The van der Waals surface area contributed by atoms with E-state index in [1.807, 2.05) is 36.3 Å². The summed E-state index contributed by atoms with van der Waals surface area (Å²) in [6.45, 7) is 10.4. The lowest BCUT2D eigenvalue weighted by atomic mass is 9.94. The lowest BCUT2D eigenvalue weighted by Crippen LogP contribution is -2.39. The van der Waals surface area contributed by atoms with Gasteiger partial charge in [-0.1, -0.05) is 25.7 Å². The van der Waals surface area contributed by atoms with Crippen molar-refractivity contribution in [1.82, 2.24) is 34.4 Å². The molecule has 0 saturated carbocycles. The number of hydrogen-bond donors (Lipinski definition) is 1. The monoisotopic (exact) mass is 677 g/mol. The molecule has 4 bridgehead atoms. The van der Waals surface area contributed by atoms with Gasteiger partial charge in [-0.25, -0.2) is 23.1 Å². The highest BCUT2D eigenvalue weighted by atomic mass is 28.3. The molecule has 3 aliphatic rings. The summed E-state index contributed by atoms with van der Waals surface area (Å²) in [5.41, 5.74) is 4.91. The van der Waals surface area contributed by atoms with E-state index in [2.05, 4.69) is 63.8 Å². The number of benzene rings is 1. The first-order valence-corrected chi connectivity index (χ1v) is 20.5. The molecular formula is C34H45F2N9O2Si. The number of fused-ring (bicyclic) bond motifs is 7. The fourth-order valence-corrected chi connectivity index (χ4v) is 7.51. The van der Waals surface area contributed by atoms with Gasteiger partial charge >= 0.3 is 0 Å². The number of aromatic nitrogens is 6. The summed E-state index contributed by atoms with van der Waals surface area (Å²) in [6, 6.07) is 11.3. The summed E-state index contributed by atoms with van der Waals surface area (Å²) in [7, 11) is 2.82. The third-order valence-electron chi connectivity index (χ3n) is 9.72. The van der Waals surface area contributed by atoms with E-state index in [-0.39, 0.29) is 32.0 Å². The van der Waals surface area contributed by atoms with Gasteiger partial charge in [-0.3, -0.25) is 4.90 Å². The molecule has 7 rings (SSSR count). The van der Waals surface area contributed by atoms with E-state index < -0.39 is 14.0 Å². The SMILES string of the molecule is CN1CC2CC1COc1cc(ccc1Nc1nc(-c3ccc(N4CCC(F)(F)CC4)nc3)nn1C)-c1cnn(COCC[Si](C)(C)C)c12. The molecule has 48 heavy (non-hydrogen) atoms. The van der Waals surface area contributed by atoms with Crippen LogP contribution >= 0.6 is 0 Å². The second kappa shape index (κ2) is 12.9. The molecule has 2 atom stereocenters. The molecule has 11 nitrogen and oxygen atoms in total. The van der Waals surface area contributed by atoms with Crippen molar-refractivity contribution in [2.45, 2.75) is 69.6 Å². The van der Waals surface area contributed by atoms with E-state index in [0.717, 1.165) is 53.7 Å². The van der Waals surface area contributed by atoms with Gasteiger partial charge in [0.05, 0.1) is 17.6 Å². The Bertz CT molecular complexity index is 1740. The van der Waals surface area contributed by atoms with Crippen LogP contribution in [0.25, 0.3) is 22.5 Å². The molecular weight excluding hydrogens is 633 g/mol. The minimum atomic E-state index is -2.59. The summed E-state index contributed by atoms with van der Waals surface area (Å²) in [5.74, 6) is 0.230. The van der Waals surface area contributed by atoms with E-state index in [1.165, 1.54) is 5.69 Å². The number of likely N-dealkylation sites (N-methyl/N-ethyl adjacent to an activating group) is 1. The zero-order valence-corrected chi connectivity index (χ0v) is 29.4. The van der Waals surface area contributed by atoms with Crippen LogP contribution in [-0.2, 0) is 18.5 Å². The van der Waals surface area contributed by atoms with Gasteiger partial charge in [-0.2, -0.15) is 10.1 Å². The van der Waals surface area contributed by atoms with Crippen LogP contribution in [0.2, 0.25) is 25.7 Å². The fourth-order valence-electron chi connectivity index (χ4n) is 6.76. The van der Waals surface area contributed by atoms with E-state index in [4.69, 9.17) is 19.6 Å². The largest absolute Gasteiger partial charge is 0.490 e. The summed E-state index contributed by atoms with van der Waals surface area (Å²) >= 11 is 0. The smallest absolute Gasteiger partial charge is 0.251 e. The van der Waals surface area contributed by atoms with Crippen LogP contribution in [-0.4, -0.2) is 94.4 Å². The second-order valence-electron chi connectivity index (χ2n) is 14.6. The quantitative estimate of drug-likeness (QED) is 0.164. The Labute approximate surface area is 281 Å². The highest BCUT2D eigenvalue weighted by Gasteiger charge is 2.36. The van der Waals surface area contributed by atoms with Crippen LogP contribution in [0, 0.1) is 0 Å². The predicted molar refractivity (Wildman–Crippen MR) is 185 cm³/mol. The van der Waals surface area contributed by atoms with Crippen molar-refractivity contribution in [3.63, 3.8) is 0 Å². The third kappa shape index (κ3) is 6.96. The Kier molecular flexibility index (Phi) is 8.75. The van der Waals surface area contributed by atoms with Crippen molar-refractivity contribution in [3.05, 3.63) is 48.4 Å². The van der Waals surface area contributed by atoms with Gasteiger partial charge in [0.2, 0.25) is 5.95 Å². The van der Waals surface area contributed by atoms with Crippen LogP contribution in [0.3, 0.4) is 0 Å². The number of hydrogen-bond acceptors (Lipinski definition) is 9. The number of ether oxygens (including phenoxy) is 2. The first-order valence-electron chi connectivity index (χ1n) is 16.8. The Morgan fingerprint density at radius 3 is 2.60 bits per heavy atom. The van der Waals surface area contributed by atoms with Crippen LogP contribution < -0.4 is 15.0 Å². The maximum absolute atomic E-state index is 13.6. The summed E-state index contributed by atoms with van der Waals surface area (Å²) in [6.07, 6.45) is 4.34. The molecule has 2 unspecified atom stereocenters. The topological polar surface area (TPSA) is 98.4 Å². The Morgan fingerprint density at radius 1 is 1.06 bits per heavy atom. The normalized spacial score (nSPS) is 20.8. The minimum Gasteiger partial charge on any atom is -0.490 e.